The highest BCUT2D eigenvalue weighted by Gasteiger charge is 2.32. The minimum Gasteiger partial charge on any atom is -0.466 e. The summed E-state index contributed by atoms with van der Waals surface area (Å²) >= 11 is 0. The van der Waals surface area contributed by atoms with Crippen molar-refractivity contribution >= 4 is 5.97 Å². The fourth-order valence-electron chi connectivity index (χ4n) is 1.20. The first kappa shape index (κ1) is 13.4. The summed E-state index contributed by atoms with van der Waals surface area (Å²) in [6.45, 7) is 4.99. The second-order valence-corrected chi connectivity index (χ2v) is 3.58. The fourth-order valence-corrected chi connectivity index (χ4v) is 1.20. The molecular formula is C10H21NO3. The summed E-state index contributed by atoms with van der Waals surface area (Å²) in [6, 6.07) is 0. The molecule has 0 aromatic rings. The third kappa shape index (κ3) is 4.07. The second kappa shape index (κ2) is 6.79. The summed E-state index contributed by atoms with van der Waals surface area (Å²) in [5.41, 5.74) is 5.02. The summed E-state index contributed by atoms with van der Waals surface area (Å²) < 4.78 is 9.90. The average molecular weight is 203 g/mol. The number of esters is 1. The molecule has 14 heavy (non-hydrogen) atoms. The molecular weight excluding hydrogens is 182 g/mol. The van der Waals surface area contributed by atoms with E-state index in [-0.39, 0.29) is 5.97 Å². The van der Waals surface area contributed by atoms with E-state index in [1.54, 1.807) is 14.0 Å². The molecule has 0 fully saturated rings. The third-order valence-electron chi connectivity index (χ3n) is 2.30. The van der Waals surface area contributed by atoms with Crippen LogP contribution in [0.1, 0.15) is 26.7 Å². The van der Waals surface area contributed by atoms with Gasteiger partial charge in [-0.05, 0) is 26.7 Å². The number of methoxy groups -OCH3 is 1. The van der Waals surface area contributed by atoms with E-state index >= 15 is 0 Å². The molecule has 0 bridgehead atoms. The summed E-state index contributed by atoms with van der Waals surface area (Å²) in [7, 11) is 1.64. The number of ether oxygens (including phenoxy) is 2. The van der Waals surface area contributed by atoms with Crippen molar-refractivity contribution < 1.29 is 14.3 Å². The first-order valence-corrected chi connectivity index (χ1v) is 4.97. The van der Waals surface area contributed by atoms with E-state index in [0.717, 1.165) is 6.42 Å². The molecule has 4 nitrogen and oxygen atoms in total. The molecule has 4 heteroatoms. The maximum Gasteiger partial charge on any atom is 0.313 e. The molecule has 84 valence electrons. The molecule has 0 aliphatic carbocycles. The van der Waals surface area contributed by atoms with Gasteiger partial charge in [0.15, 0.2) is 0 Å². The minimum atomic E-state index is -0.561. The van der Waals surface area contributed by atoms with Gasteiger partial charge < -0.3 is 15.2 Å². The Hall–Kier alpha value is -0.610. The van der Waals surface area contributed by atoms with Crippen molar-refractivity contribution in [3.63, 3.8) is 0 Å². The van der Waals surface area contributed by atoms with E-state index < -0.39 is 5.41 Å². The average Bonchev–Trinajstić information content (AvgIpc) is 2.18. The van der Waals surface area contributed by atoms with Gasteiger partial charge in [0.25, 0.3) is 0 Å². The maximum absolute atomic E-state index is 11.5. The van der Waals surface area contributed by atoms with E-state index in [4.69, 9.17) is 15.2 Å². The van der Waals surface area contributed by atoms with Gasteiger partial charge in [-0.3, -0.25) is 4.79 Å². The van der Waals surface area contributed by atoms with Gasteiger partial charge >= 0.3 is 5.97 Å². The Morgan fingerprint density at radius 3 is 2.57 bits per heavy atom. The molecule has 0 aliphatic rings. The van der Waals surface area contributed by atoms with Crippen LogP contribution in [-0.2, 0) is 14.3 Å². The van der Waals surface area contributed by atoms with Gasteiger partial charge in [-0.1, -0.05) is 0 Å². The van der Waals surface area contributed by atoms with Crippen LogP contribution in [0.15, 0.2) is 0 Å². The van der Waals surface area contributed by atoms with Crippen molar-refractivity contribution in [3.05, 3.63) is 0 Å². The standard InChI is InChI=1S/C10H21NO3/c1-4-14-9(12)10(2,8-11)6-5-7-13-3/h4-8,11H2,1-3H3. The molecule has 2 N–H and O–H groups in total. The Morgan fingerprint density at radius 2 is 2.14 bits per heavy atom. The van der Waals surface area contributed by atoms with E-state index in [2.05, 4.69) is 0 Å². The molecule has 0 spiro atoms. The largest absolute Gasteiger partial charge is 0.466 e. The zero-order valence-electron chi connectivity index (χ0n) is 9.34. The van der Waals surface area contributed by atoms with E-state index in [9.17, 15) is 4.79 Å². The Bertz CT molecular complexity index is 173. The van der Waals surface area contributed by atoms with Crippen molar-refractivity contribution in [2.24, 2.45) is 11.1 Å². The van der Waals surface area contributed by atoms with E-state index in [1.807, 2.05) is 6.92 Å². The van der Waals surface area contributed by atoms with E-state index in [1.165, 1.54) is 0 Å². The molecule has 0 aliphatic heterocycles. The van der Waals surface area contributed by atoms with Crippen LogP contribution in [0.3, 0.4) is 0 Å². The third-order valence-corrected chi connectivity index (χ3v) is 2.30. The van der Waals surface area contributed by atoms with Gasteiger partial charge in [0, 0.05) is 20.3 Å². The number of rotatable bonds is 7. The lowest BCUT2D eigenvalue weighted by Gasteiger charge is -2.25. The van der Waals surface area contributed by atoms with Gasteiger partial charge in [0.2, 0.25) is 0 Å². The van der Waals surface area contributed by atoms with Crippen LogP contribution in [0.5, 0.6) is 0 Å². The van der Waals surface area contributed by atoms with Crippen LogP contribution in [0, 0.1) is 5.41 Å². The van der Waals surface area contributed by atoms with Crippen LogP contribution in [0.25, 0.3) is 0 Å². The lowest BCUT2D eigenvalue weighted by molar-refractivity contribution is -0.154. The van der Waals surface area contributed by atoms with Gasteiger partial charge in [0.1, 0.15) is 0 Å². The Morgan fingerprint density at radius 1 is 1.50 bits per heavy atom. The number of hydrogen-bond donors (Lipinski definition) is 1. The molecule has 1 atom stereocenters. The number of hydrogen-bond acceptors (Lipinski definition) is 4. The van der Waals surface area contributed by atoms with Crippen molar-refractivity contribution in [3.8, 4) is 0 Å². The van der Waals surface area contributed by atoms with Crippen molar-refractivity contribution in [1.29, 1.82) is 0 Å². The molecule has 0 saturated carbocycles. The molecule has 0 aromatic heterocycles. The van der Waals surface area contributed by atoms with Crippen molar-refractivity contribution in [2.45, 2.75) is 26.7 Å². The monoisotopic (exact) mass is 203 g/mol. The van der Waals surface area contributed by atoms with Gasteiger partial charge in [-0.15, -0.1) is 0 Å². The SMILES string of the molecule is CCOC(=O)C(C)(CN)CCCOC. The summed E-state index contributed by atoms with van der Waals surface area (Å²) in [5.74, 6) is -0.210. The predicted octanol–water partition coefficient (Wildman–Crippen LogP) is 0.941. The van der Waals surface area contributed by atoms with Gasteiger partial charge in [-0.2, -0.15) is 0 Å². The van der Waals surface area contributed by atoms with Crippen molar-refractivity contribution in [1.82, 2.24) is 0 Å². The molecule has 0 amide bonds. The molecule has 1 unspecified atom stereocenters. The topological polar surface area (TPSA) is 61.5 Å². The van der Waals surface area contributed by atoms with Crippen LogP contribution >= 0.6 is 0 Å². The highest BCUT2D eigenvalue weighted by molar-refractivity contribution is 5.76. The molecule has 0 heterocycles. The van der Waals surface area contributed by atoms with Crippen LogP contribution in [0.4, 0.5) is 0 Å². The minimum absolute atomic E-state index is 0.210. The van der Waals surface area contributed by atoms with Gasteiger partial charge in [-0.25, -0.2) is 0 Å². The Balaban J connectivity index is 4.09. The van der Waals surface area contributed by atoms with Crippen LogP contribution < -0.4 is 5.73 Å². The smallest absolute Gasteiger partial charge is 0.313 e. The van der Waals surface area contributed by atoms with Gasteiger partial charge in [0.05, 0.1) is 12.0 Å². The molecule has 0 aromatic carbocycles. The number of nitrogens with two attached hydrogens (primary N) is 1. The quantitative estimate of drug-likeness (QED) is 0.494. The summed E-state index contributed by atoms with van der Waals surface area (Å²) in [4.78, 5) is 11.5. The summed E-state index contributed by atoms with van der Waals surface area (Å²) in [6.07, 6.45) is 1.53. The molecule has 0 saturated heterocycles. The van der Waals surface area contributed by atoms with Crippen LogP contribution in [-0.4, -0.2) is 32.8 Å². The van der Waals surface area contributed by atoms with Crippen molar-refractivity contribution in [2.75, 3.05) is 26.9 Å². The fraction of sp³-hybridized carbons (Fsp3) is 0.900. The maximum atomic E-state index is 11.5. The lowest BCUT2D eigenvalue weighted by atomic mass is 9.86. The van der Waals surface area contributed by atoms with E-state index in [0.29, 0.717) is 26.2 Å². The summed E-state index contributed by atoms with van der Waals surface area (Å²) in [5, 5.41) is 0. The predicted molar refractivity (Wildman–Crippen MR) is 54.9 cm³/mol. The van der Waals surface area contributed by atoms with Crippen LogP contribution in [0.2, 0.25) is 0 Å². The number of carbonyl (C=O) groups is 1. The highest BCUT2D eigenvalue weighted by atomic mass is 16.5. The zero-order chi connectivity index (χ0) is 11.0. The normalized spacial score (nSPS) is 14.9. The molecule has 0 radical (unpaired) electrons. The lowest BCUT2D eigenvalue weighted by Crippen LogP contribution is -2.37. The highest BCUT2D eigenvalue weighted by Crippen LogP contribution is 2.23. The number of carbonyl (C=O) groups excluding carboxylic acids is 1. The first-order chi connectivity index (χ1) is 6.60. The zero-order valence-corrected chi connectivity index (χ0v) is 9.34. The first-order valence-electron chi connectivity index (χ1n) is 4.97. The second-order valence-electron chi connectivity index (χ2n) is 3.58. The molecule has 0 rings (SSSR count). The Kier molecular flexibility index (Phi) is 6.49. The Labute approximate surface area is 85.8 Å².